The van der Waals surface area contributed by atoms with Gasteiger partial charge in [0.15, 0.2) is 0 Å². The van der Waals surface area contributed by atoms with Crippen molar-refractivity contribution in [2.75, 3.05) is 13.2 Å². The monoisotopic (exact) mass is 500 g/mol. The van der Waals surface area contributed by atoms with Crippen LogP contribution in [0.1, 0.15) is 149 Å². The minimum absolute atomic E-state index is 0. The van der Waals surface area contributed by atoms with Crippen LogP contribution in [0.5, 0.6) is 0 Å². The molecule has 0 spiro atoms. The molecule has 0 saturated heterocycles. The molecule has 0 aromatic carbocycles. The molecule has 0 fully saturated rings. The first-order valence-corrected chi connectivity index (χ1v) is 13.2. The summed E-state index contributed by atoms with van der Waals surface area (Å²) in [5.74, 6) is 0. The van der Waals surface area contributed by atoms with Gasteiger partial charge in [-0.25, -0.2) is 0 Å². The van der Waals surface area contributed by atoms with Crippen molar-refractivity contribution in [3.63, 3.8) is 0 Å². The summed E-state index contributed by atoms with van der Waals surface area (Å²) in [5.41, 5.74) is 0. The fourth-order valence-corrected chi connectivity index (χ4v) is 3.77. The third kappa shape index (κ3) is 29.4. The molecule has 0 heterocycles. The Bertz CT molecular complexity index is 296. The van der Waals surface area contributed by atoms with Gasteiger partial charge in [-0.2, -0.15) is 0 Å². The Kier molecular flexibility index (Phi) is 34.1. The van der Waals surface area contributed by atoms with Crippen molar-refractivity contribution in [1.29, 1.82) is 0 Å². The summed E-state index contributed by atoms with van der Waals surface area (Å²) in [7, 11) is -1.03. The molecule has 0 saturated carbocycles. The molecule has 5 heteroatoms. The van der Waals surface area contributed by atoms with Crippen molar-refractivity contribution in [2.45, 2.75) is 149 Å². The number of hydrogen-bond acceptors (Lipinski definition) is 3. The Morgan fingerprint density at radius 2 is 0.667 bits per heavy atom. The average molecular weight is 500 g/mol. The van der Waals surface area contributed by atoms with Crippen LogP contribution in [0.2, 0.25) is 0 Å². The van der Waals surface area contributed by atoms with Gasteiger partial charge in [0, 0.05) is 58.7 Å². The topological polar surface area (TPSA) is 38.7 Å². The van der Waals surface area contributed by atoms with Gasteiger partial charge in [0.2, 0.25) is 0 Å². The van der Waals surface area contributed by atoms with Gasteiger partial charge >= 0.3 is 7.32 Å². The van der Waals surface area contributed by atoms with Crippen LogP contribution in [-0.2, 0) is 9.31 Å². The summed E-state index contributed by atoms with van der Waals surface area (Å²) in [5, 5.41) is 9.71. The van der Waals surface area contributed by atoms with Crippen LogP contribution in [0.4, 0.5) is 0 Å². The van der Waals surface area contributed by atoms with Gasteiger partial charge in [0.05, 0.1) is 0 Å². The molecule has 0 aliphatic carbocycles. The largest absolute Gasteiger partial charge is 0.636 e. The molecule has 0 aliphatic rings. The van der Waals surface area contributed by atoms with Crippen molar-refractivity contribution in [2.24, 2.45) is 0 Å². The van der Waals surface area contributed by atoms with E-state index < -0.39 is 7.32 Å². The number of unbranched alkanes of at least 4 members (excludes halogenated alkanes) is 19. The molecule has 1 N–H and O–H groups in total. The van der Waals surface area contributed by atoms with Crippen LogP contribution < -0.4 is 0 Å². The number of hydrogen-bond donors (Lipinski definition) is 1. The molecule has 2 radical (unpaired) electrons. The molecule has 176 valence electrons. The van der Waals surface area contributed by atoms with Crippen LogP contribution in [0.25, 0.3) is 0 Å². The van der Waals surface area contributed by atoms with E-state index in [-0.39, 0.29) is 45.5 Å². The second kappa shape index (κ2) is 30.4. The molecular weight excluding hydrogens is 447 g/mol. The minimum Gasteiger partial charge on any atom is -0.402 e. The van der Waals surface area contributed by atoms with Crippen LogP contribution in [0.3, 0.4) is 0 Å². The molecule has 0 atom stereocenters. The molecule has 0 bridgehead atoms. The first-order chi connectivity index (χ1) is 14.3. The Balaban J connectivity index is 0. The smallest absolute Gasteiger partial charge is 0.402 e. The van der Waals surface area contributed by atoms with E-state index in [1.54, 1.807) is 0 Å². The van der Waals surface area contributed by atoms with Crippen LogP contribution >= 0.6 is 0 Å². The predicted octanol–water partition coefficient (Wildman–Crippen LogP) is 7.85. The Hall–Kier alpha value is 1.43. The van der Waals surface area contributed by atoms with E-state index in [1.165, 1.54) is 122 Å². The zero-order chi connectivity index (χ0) is 21.3. The molecule has 0 unspecified atom stereocenters. The van der Waals surface area contributed by atoms with Crippen molar-refractivity contribution in [1.82, 2.24) is 0 Å². The molecule has 0 aromatic rings. The summed E-state index contributed by atoms with van der Waals surface area (Å²) >= 11 is 0. The first-order valence-electron chi connectivity index (χ1n) is 13.2. The van der Waals surface area contributed by atoms with Gasteiger partial charge in [-0.05, 0) is 12.8 Å². The average Bonchev–Trinajstić information content (AvgIpc) is 2.72. The zero-order valence-corrected chi connectivity index (χ0v) is 24.3. The fraction of sp³-hybridized carbons (Fsp3) is 1.00. The van der Waals surface area contributed by atoms with Gasteiger partial charge in [0.25, 0.3) is 0 Å². The third-order valence-corrected chi connectivity index (χ3v) is 5.77. The second-order valence-corrected chi connectivity index (χ2v) is 8.77. The maximum absolute atomic E-state index is 9.71. The van der Waals surface area contributed by atoms with Crippen molar-refractivity contribution in [3.05, 3.63) is 0 Å². The SMILES string of the molecule is CCCCCCCCCCCCCCOB(O)OCCCCCCCCCCC.[Sr]. The van der Waals surface area contributed by atoms with Crippen LogP contribution in [-0.4, -0.2) is 71.0 Å². The van der Waals surface area contributed by atoms with E-state index in [4.69, 9.17) is 9.31 Å². The van der Waals surface area contributed by atoms with Crippen molar-refractivity contribution >= 4 is 52.8 Å². The van der Waals surface area contributed by atoms with Gasteiger partial charge < -0.3 is 14.3 Å². The van der Waals surface area contributed by atoms with E-state index in [0.717, 1.165) is 12.8 Å². The Labute approximate surface area is 227 Å². The summed E-state index contributed by atoms with van der Waals surface area (Å²) < 4.78 is 10.7. The van der Waals surface area contributed by atoms with E-state index in [9.17, 15) is 5.02 Å². The van der Waals surface area contributed by atoms with Gasteiger partial charge in [-0.15, -0.1) is 0 Å². The van der Waals surface area contributed by atoms with E-state index in [0.29, 0.717) is 13.2 Å². The van der Waals surface area contributed by atoms with Gasteiger partial charge in [0.1, 0.15) is 0 Å². The van der Waals surface area contributed by atoms with E-state index in [1.807, 2.05) is 0 Å². The maximum Gasteiger partial charge on any atom is 0.636 e. The van der Waals surface area contributed by atoms with E-state index in [2.05, 4.69) is 13.8 Å². The molecule has 0 aromatic heterocycles. The quantitative estimate of drug-likeness (QED) is 0.103. The number of rotatable bonds is 25. The zero-order valence-electron chi connectivity index (χ0n) is 20.8. The second-order valence-electron chi connectivity index (χ2n) is 8.77. The minimum atomic E-state index is -1.03. The molecule has 0 amide bonds. The summed E-state index contributed by atoms with van der Waals surface area (Å²) in [6, 6.07) is 0. The van der Waals surface area contributed by atoms with Crippen molar-refractivity contribution < 1.29 is 14.3 Å². The molecular formula is C25H53BO3Sr. The van der Waals surface area contributed by atoms with E-state index >= 15 is 0 Å². The molecule has 3 nitrogen and oxygen atoms in total. The summed E-state index contributed by atoms with van der Waals surface area (Å²) in [6.07, 6.45) is 27.7. The molecule has 30 heavy (non-hydrogen) atoms. The van der Waals surface area contributed by atoms with Gasteiger partial charge in [-0.1, -0.05) is 136 Å². The normalized spacial score (nSPS) is 10.9. The third-order valence-electron chi connectivity index (χ3n) is 5.77. The Morgan fingerprint density at radius 1 is 0.433 bits per heavy atom. The van der Waals surface area contributed by atoms with Crippen LogP contribution in [0.15, 0.2) is 0 Å². The first kappa shape index (κ1) is 33.6. The predicted molar refractivity (Wildman–Crippen MR) is 134 cm³/mol. The Morgan fingerprint density at radius 3 is 0.933 bits per heavy atom. The molecule has 0 aliphatic heterocycles. The summed E-state index contributed by atoms with van der Waals surface area (Å²) in [6.45, 7) is 5.75. The maximum atomic E-state index is 9.71. The molecule has 0 rings (SSSR count). The van der Waals surface area contributed by atoms with Crippen LogP contribution in [0, 0.1) is 0 Å². The standard InChI is InChI=1S/C25H53BO3.Sr/c1-3-5-7-9-11-13-14-15-17-19-21-23-25-29-26(27)28-24-22-20-18-16-12-10-8-6-4-2;/h27H,3-25H2,1-2H3;. The summed E-state index contributed by atoms with van der Waals surface area (Å²) in [4.78, 5) is 0. The fourth-order valence-electron chi connectivity index (χ4n) is 3.77. The van der Waals surface area contributed by atoms with Gasteiger partial charge in [-0.3, -0.25) is 0 Å². The van der Waals surface area contributed by atoms with Crippen molar-refractivity contribution in [3.8, 4) is 0 Å².